The van der Waals surface area contributed by atoms with Crippen molar-refractivity contribution in [2.45, 2.75) is 19.9 Å². The maximum atomic E-state index is 11.9. The quantitative estimate of drug-likeness (QED) is 0.892. The van der Waals surface area contributed by atoms with Crippen molar-refractivity contribution in [1.82, 2.24) is 20.1 Å². The predicted octanol–water partition coefficient (Wildman–Crippen LogP) is 1.34. The highest BCUT2D eigenvalue weighted by Gasteiger charge is 2.16. The van der Waals surface area contributed by atoms with E-state index in [0.29, 0.717) is 10.8 Å². The average Bonchev–Trinajstić information content (AvgIpc) is 2.81. The molecule has 7 heteroatoms. The number of carbonyl (C=O) groups excluding carboxylic acids is 1. The molecule has 1 atom stereocenters. The Bertz CT molecular complexity index is 609. The molecule has 1 unspecified atom stereocenters. The molecular formula is C13H15ClN4O2. The third-order valence-corrected chi connectivity index (χ3v) is 2.95. The van der Waals surface area contributed by atoms with E-state index in [9.17, 15) is 4.79 Å². The first-order chi connectivity index (χ1) is 9.51. The molecule has 0 spiro atoms. The summed E-state index contributed by atoms with van der Waals surface area (Å²) >= 11 is 5.83. The molecule has 106 valence electrons. The molecule has 1 amide bonds. The van der Waals surface area contributed by atoms with E-state index in [-0.39, 0.29) is 18.5 Å². The van der Waals surface area contributed by atoms with Crippen molar-refractivity contribution in [2.24, 2.45) is 0 Å². The average molecular weight is 295 g/mol. The van der Waals surface area contributed by atoms with Crippen LogP contribution in [0.2, 0.25) is 5.02 Å². The van der Waals surface area contributed by atoms with Crippen LogP contribution in [0.25, 0.3) is 5.69 Å². The molecule has 0 radical (unpaired) electrons. The van der Waals surface area contributed by atoms with Crippen molar-refractivity contribution >= 4 is 17.5 Å². The summed E-state index contributed by atoms with van der Waals surface area (Å²) in [6.45, 7) is 3.32. The van der Waals surface area contributed by atoms with Crippen LogP contribution in [0.1, 0.15) is 23.4 Å². The smallest absolute Gasteiger partial charge is 0.291 e. The number of aromatic nitrogens is 3. The number of carbonyl (C=O) groups is 1. The van der Waals surface area contributed by atoms with Crippen molar-refractivity contribution in [3.63, 3.8) is 0 Å². The topological polar surface area (TPSA) is 80.0 Å². The van der Waals surface area contributed by atoms with E-state index in [1.807, 2.05) is 0 Å². The lowest BCUT2D eigenvalue weighted by molar-refractivity contribution is 0.0912. The number of hydrogen-bond acceptors (Lipinski definition) is 4. The van der Waals surface area contributed by atoms with Crippen molar-refractivity contribution in [2.75, 3.05) is 6.61 Å². The fraction of sp³-hybridized carbons (Fsp3) is 0.308. The van der Waals surface area contributed by atoms with Gasteiger partial charge in [0.25, 0.3) is 5.91 Å². The number of rotatable bonds is 4. The predicted molar refractivity (Wildman–Crippen MR) is 75.1 cm³/mol. The third kappa shape index (κ3) is 3.15. The van der Waals surface area contributed by atoms with Crippen LogP contribution in [0, 0.1) is 6.92 Å². The summed E-state index contributed by atoms with van der Waals surface area (Å²) in [5.74, 6) is 0.245. The molecule has 20 heavy (non-hydrogen) atoms. The first-order valence-electron chi connectivity index (χ1n) is 6.12. The fourth-order valence-electron chi connectivity index (χ4n) is 1.65. The second-order valence-corrected chi connectivity index (χ2v) is 4.86. The Morgan fingerprint density at radius 3 is 2.70 bits per heavy atom. The summed E-state index contributed by atoms with van der Waals surface area (Å²) in [6.07, 6.45) is 0. The lowest BCUT2D eigenvalue weighted by atomic mass is 10.3. The highest BCUT2D eigenvalue weighted by atomic mass is 35.5. The van der Waals surface area contributed by atoms with Crippen LogP contribution in [0.3, 0.4) is 0 Å². The van der Waals surface area contributed by atoms with Crippen LogP contribution in [0.15, 0.2) is 24.3 Å². The molecule has 1 aromatic carbocycles. The van der Waals surface area contributed by atoms with Gasteiger partial charge in [0.1, 0.15) is 5.82 Å². The van der Waals surface area contributed by atoms with E-state index in [4.69, 9.17) is 16.7 Å². The van der Waals surface area contributed by atoms with Crippen molar-refractivity contribution < 1.29 is 9.90 Å². The molecule has 0 aliphatic carbocycles. The Morgan fingerprint density at radius 2 is 2.10 bits per heavy atom. The number of benzene rings is 1. The van der Waals surface area contributed by atoms with Gasteiger partial charge < -0.3 is 10.4 Å². The molecule has 0 saturated heterocycles. The highest BCUT2D eigenvalue weighted by Crippen LogP contribution is 2.14. The maximum absolute atomic E-state index is 11.9. The van der Waals surface area contributed by atoms with Gasteiger partial charge in [0.05, 0.1) is 12.3 Å². The first kappa shape index (κ1) is 14.5. The molecule has 2 aromatic rings. The summed E-state index contributed by atoms with van der Waals surface area (Å²) in [5, 5.41) is 16.3. The van der Waals surface area contributed by atoms with Gasteiger partial charge in [0.15, 0.2) is 0 Å². The van der Waals surface area contributed by atoms with E-state index in [2.05, 4.69) is 15.4 Å². The van der Waals surface area contributed by atoms with E-state index < -0.39 is 5.91 Å². The molecular weight excluding hydrogens is 280 g/mol. The van der Waals surface area contributed by atoms with Gasteiger partial charge in [-0.05, 0) is 38.1 Å². The second kappa shape index (κ2) is 6.02. The minimum Gasteiger partial charge on any atom is -0.394 e. The van der Waals surface area contributed by atoms with Crippen LogP contribution in [0.5, 0.6) is 0 Å². The van der Waals surface area contributed by atoms with Crippen molar-refractivity contribution in [3.8, 4) is 5.69 Å². The molecule has 0 aliphatic heterocycles. The van der Waals surface area contributed by atoms with Gasteiger partial charge in [0, 0.05) is 11.1 Å². The van der Waals surface area contributed by atoms with Gasteiger partial charge in [0.2, 0.25) is 5.82 Å². The molecule has 0 bridgehead atoms. The Labute approximate surface area is 121 Å². The van der Waals surface area contributed by atoms with Crippen LogP contribution in [-0.2, 0) is 0 Å². The summed E-state index contributed by atoms with van der Waals surface area (Å²) in [4.78, 5) is 16.0. The van der Waals surface area contributed by atoms with Gasteiger partial charge >= 0.3 is 0 Å². The van der Waals surface area contributed by atoms with Gasteiger partial charge in [-0.3, -0.25) is 4.79 Å². The summed E-state index contributed by atoms with van der Waals surface area (Å²) in [5.41, 5.74) is 0.772. The minimum absolute atomic E-state index is 0.0674. The summed E-state index contributed by atoms with van der Waals surface area (Å²) < 4.78 is 1.56. The third-order valence-electron chi connectivity index (χ3n) is 2.69. The lowest BCUT2D eigenvalue weighted by Gasteiger charge is -2.07. The van der Waals surface area contributed by atoms with E-state index in [1.165, 1.54) is 0 Å². The fourth-order valence-corrected chi connectivity index (χ4v) is 1.77. The normalized spacial score (nSPS) is 12.2. The monoisotopic (exact) mass is 294 g/mol. The van der Waals surface area contributed by atoms with E-state index in [1.54, 1.807) is 42.8 Å². The van der Waals surface area contributed by atoms with Gasteiger partial charge in [-0.15, -0.1) is 5.10 Å². The standard InChI is InChI=1S/C13H15ClN4O2/c1-8(7-19)15-13(20)12-16-9(2)18(17-12)11-5-3-10(14)4-6-11/h3-6,8,19H,7H2,1-2H3,(H,15,20). The molecule has 2 N–H and O–H groups in total. The molecule has 1 aromatic heterocycles. The Kier molecular flexibility index (Phi) is 4.36. The summed E-state index contributed by atoms with van der Waals surface area (Å²) in [6, 6.07) is 6.73. The van der Waals surface area contributed by atoms with E-state index in [0.717, 1.165) is 5.69 Å². The number of aliphatic hydroxyl groups is 1. The van der Waals surface area contributed by atoms with E-state index >= 15 is 0 Å². The highest BCUT2D eigenvalue weighted by molar-refractivity contribution is 6.30. The largest absolute Gasteiger partial charge is 0.394 e. The SMILES string of the molecule is Cc1nc(C(=O)NC(C)CO)nn1-c1ccc(Cl)cc1. The molecule has 6 nitrogen and oxygen atoms in total. The maximum Gasteiger partial charge on any atom is 0.291 e. The number of aliphatic hydroxyl groups excluding tert-OH is 1. The van der Waals surface area contributed by atoms with Crippen LogP contribution in [-0.4, -0.2) is 38.4 Å². The Morgan fingerprint density at radius 1 is 1.45 bits per heavy atom. The number of nitrogens with one attached hydrogen (secondary N) is 1. The zero-order chi connectivity index (χ0) is 14.7. The number of hydrogen-bond donors (Lipinski definition) is 2. The van der Waals surface area contributed by atoms with Gasteiger partial charge in [-0.25, -0.2) is 9.67 Å². The Hall–Kier alpha value is -1.92. The number of halogens is 1. The molecule has 0 fully saturated rings. The molecule has 1 heterocycles. The zero-order valence-corrected chi connectivity index (χ0v) is 11.9. The number of amides is 1. The van der Waals surface area contributed by atoms with Crippen LogP contribution < -0.4 is 5.32 Å². The molecule has 2 rings (SSSR count). The van der Waals surface area contributed by atoms with Crippen LogP contribution >= 0.6 is 11.6 Å². The van der Waals surface area contributed by atoms with Crippen molar-refractivity contribution in [3.05, 3.63) is 40.9 Å². The minimum atomic E-state index is -0.414. The Balaban J connectivity index is 2.25. The zero-order valence-electron chi connectivity index (χ0n) is 11.2. The second-order valence-electron chi connectivity index (χ2n) is 4.43. The molecule has 0 aliphatic rings. The van der Waals surface area contributed by atoms with Crippen molar-refractivity contribution in [1.29, 1.82) is 0 Å². The first-order valence-corrected chi connectivity index (χ1v) is 6.50. The van der Waals surface area contributed by atoms with Gasteiger partial charge in [-0.2, -0.15) is 0 Å². The van der Waals surface area contributed by atoms with Gasteiger partial charge in [-0.1, -0.05) is 11.6 Å². The summed E-state index contributed by atoms with van der Waals surface area (Å²) in [7, 11) is 0. The molecule has 0 saturated carbocycles. The number of nitrogens with zero attached hydrogens (tertiary/aromatic N) is 3. The van der Waals surface area contributed by atoms with Crippen LogP contribution in [0.4, 0.5) is 0 Å². The lowest BCUT2D eigenvalue weighted by Crippen LogP contribution is -2.35. The number of aryl methyl sites for hydroxylation is 1.